The maximum atomic E-state index is 13.4. The number of anilines is 1. The molecule has 41 heavy (non-hydrogen) atoms. The van der Waals surface area contributed by atoms with E-state index in [1.54, 1.807) is 7.11 Å². The maximum absolute atomic E-state index is 13.4. The molecule has 2 amide bonds. The molecule has 3 aromatic carbocycles. The van der Waals surface area contributed by atoms with E-state index >= 15 is 0 Å². The molecule has 0 atom stereocenters. The van der Waals surface area contributed by atoms with Crippen LogP contribution in [-0.4, -0.2) is 34.5 Å². The Balaban J connectivity index is 1.41. The molecule has 0 unspecified atom stereocenters. The van der Waals surface area contributed by atoms with Gasteiger partial charge in [-0.05, 0) is 93.6 Å². The van der Waals surface area contributed by atoms with E-state index in [4.69, 9.17) is 14.5 Å². The first-order valence-electron chi connectivity index (χ1n) is 14.0. The average Bonchev–Trinajstić information content (AvgIpc) is 3.33. The Labute approximate surface area is 238 Å². The van der Waals surface area contributed by atoms with Gasteiger partial charge >= 0.3 is 0 Å². The molecule has 1 aliphatic carbocycles. The van der Waals surface area contributed by atoms with Crippen molar-refractivity contribution >= 4 is 28.8 Å². The fourth-order valence-corrected chi connectivity index (χ4v) is 5.28. The Hall–Kier alpha value is -4.40. The van der Waals surface area contributed by atoms with Gasteiger partial charge < -0.3 is 19.4 Å². The van der Waals surface area contributed by atoms with Crippen LogP contribution >= 0.6 is 0 Å². The van der Waals surface area contributed by atoms with E-state index in [-0.39, 0.29) is 29.8 Å². The summed E-state index contributed by atoms with van der Waals surface area (Å²) < 4.78 is 26.8. The first-order valence-corrected chi connectivity index (χ1v) is 14.0. The van der Waals surface area contributed by atoms with Crippen molar-refractivity contribution in [3.05, 3.63) is 83.7 Å². The van der Waals surface area contributed by atoms with Gasteiger partial charge in [0.1, 0.15) is 23.9 Å². The Kier molecular flexibility index (Phi) is 8.52. The molecular weight excluding hydrogens is 523 g/mol. The molecule has 2 N–H and O–H groups in total. The van der Waals surface area contributed by atoms with E-state index < -0.39 is 5.82 Å². The number of carbonyl (C=O) groups is 2. The van der Waals surface area contributed by atoms with Crippen molar-refractivity contribution in [3.8, 4) is 11.5 Å². The molecule has 8 nitrogen and oxygen atoms in total. The molecule has 1 aliphatic rings. The number of hydrogen-bond donors (Lipinski definition) is 2. The third-order valence-corrected chi connectivity index (χ3v) is 7.42. The topological polar surface area (TPSA) is 94.5 Å². The molecular formula is C32H35FN4O4. The third-order valence-electron chi connectivity index (χ3n) is 7.42. The predicted molar refractivity (Wildman–Crippen MR) is 156 cm³/mol. The SMILES string of the molecule is COc1ccc(COc2ccc3nc(NC(=O)c4ccc(F)cc4)n([C@H]4CC[C@@H](C(=O)NC(C)C)CC4)c3c2)cc1. The van der Waals surface area contributed by atoms with Crippen molar-refractivity contribution < 1.29 is 23.5 Å². The first kappa shape index (κ1) is 28.1. The molecule has 5 rings (SSSR count). The smallest absolute Gasteiger partial charge is 0.257 e. The van der Waals surface area contributed by atoms with Crippen LogP contribution in [0, 0.1) is 11.7 Å². The van der Waals surface area contributed by atoms with Crippen molar-refractivity contribution in [2.24, 2.45) is 5.92 Å². The number of rotatable bonds is 9. The number of nitrogens with zero attached hydrogens (tertiary/aromatic N) is 2. The summed E-state index contributed by atoms with van der Waals surface area (Å²) in [5.74, 6) is 1.15. The second-order valence-electron chi connectivity index (χ2n) is 10.7. The number of halogens is 1. The zero-order valence-electron chi connectivity index (χ0n) is 23.5. The Morgan fingerprint density at radius 3 is 2.32 bits per heavy atom. The monoisotopic (exact) mass is 558 g/mol. The van der Waals surface area contributed by atoms with E-state index in [0.29, 0.717) is 23.9 Å². The zero-order chi connectivity index (χ0) is 28.9. The average molecular weight is 559 g/mol. The van der Waals surface area contributed by atoms with Gasteiger partial charge in [-0.2, -0.15) is 0 Å². The molecule has 4 aromatic rings. The summed E-state index contributed by atoms with van der Waals surface area (Å²) in [6.07, 6.45) is 3.00. The van der Waals surface area contributed by atoms with Crippen LogP contribution in [-0.2, 0) is 11.4 Å². The van der Waals surface area contributed by atoms with E-state index in [1.807, 2.05) is 60.9 Å². The minimum absolute atomic E-state index is 0.0310. The number of benzene rings is 3. The first-order chi connectivity index (χ1) is 19.8. The van der Waals surface area contributed by atoms with Gasteiger partial charge in [0, 0.05) is 29.6 Å². The second-order valence-corrected chi connectivity index (χ2v) is 10.7. The third kappa shape index (κ3) is 6.67. The summed E-state index contributed by atoms with van der Waals surface area (Å²) in [5, 5.41) is 5.97. The summed E-state index contributed by atoms with van der Waals surface area (Å²) in [6, 6.07) is 18.9. The van der Waals surface area contributed by atoms with E-state index in [2.05, 4.69) is 10.6 Å². The van der Waals surface area contributed by atoms with Gasteiger partial charge in [0.15, 0.2) is 0 Å². The van der Waals surface area contributed by atoms with Crippen molar-refractivity contribution in [2.75, 3.05) is 12.4 Å². The summed E-state index contributed by atoms with van der Waals surface area (Å²) in [5.41, 5.74) is 2.89. The van der Waals surface area contributed by atoms with Crippen molar-refractivity contribution in [1.82, 2.24) is 14.9 Å². The van der Waals surface area contributed by atoms with Gasteiger partial charge in [-0.3, -0.25) is 14.9 Å². The van der Waals surface area contributed by atoms with Gasteiger partial charge in [0.05, 0.1) is 18.1 Å². The zero-order valence-corrected chi connectivity index (χ0v) is 23.5. The lowest BCUT2D eigenvalue weighted by atomic mass is 9.85. The molecule has 0 spiro atoms. The largest absolute Gasteiger partial charge is 0.497 e. The summed E-state index contributed by atoms with van der Waals surface area (Å²) >= 11 is 0. The molecule has 0 saturated heterocycles. The highest BCUT2D eigenvalue weighted by molar-refractivity contribution is 6.04. The fourth-order valence-electron chi connectivity index (χ4n) is 5.28. The minimum Gasteiger partial charge on any atom is -0.497 e. The quantitative estimate of drug-likeness (QED) is 0.253. The summed E-state index contributed by atoms with van der Waals surface area (Å²) in [6.45, 7) is 4.31. The summed E-state index contributed by atoms with van der Waals surface area (Å²) in [4.78, 5) is 30.5. The van der Waals surface area contributed by atoms with Gasteiger partial charge in [0.25, 0.3) is 5.91 Å². The highest BCUT2D eigenvalue weighted by Crippen LogP contribution is 2.38. The number of fused-ring (bicyclic) bond motifs is 1. The van der Waals surface area contributed by atoms with Crippen LogP contribution in [0.15, 0.2) is 66.7 Å². The van der Waals surface area contributed by atoms with Crippen molar-refractivity contribution in [3.63, 3.8) is 0 Å². The second kappa shape index (κ2) is 12.4. The molecule has 9 heteroatoms. The van der Waals surface area contributed by atoms with Gasteiger partial charge in [0.2, 0.25) is 11.9 Å². The van der Waals surface area contributed by atoms with Crippen LogP contribution in [0.5, 0.6) is 11.5 Å². The number of methoxy groups -OCH3 is 1. The highest BCUT2D eigenvalue weighted by atomic mass is 19.1. The highest BCUT2D eigenvalue weighted by Gasteiger charge is 2.30. The molecule has 214 valence electrons. The van der Waals surface area contributed by atoms with Gasteiger partial charge in [-0.1, -0.05) is 12.1 Å². The van der Waals surface area contributed by atoms with Crippen LogP contribution in [0.4, 0.5) is 10.3 Å². The van der Waals surface area contributed by atoms with Crippen LogP contribution in [0.25, 0.3) is 11.0 Å². The van der Waals surface area contributed by atoms with Crippen LogP contribution in [0.3, 0.4) is 0 Å². The van der Waals surface area contributed by atoms with Crippen LogP contribution in [0.1, 0.15) is 61.5 Å². The van der Waals surface area contributed by atoms with Crippen molar-refractivity contribution in [2.45, 2.75) is 58.2 Å². The number of amides is 2. The van der Waals surface area contributed by atoms with E-state index in [1.165, 1.54) is 24.3 Å². The predicted octanol–water partition coefficient (Wildman–Crippen LogP) is 6.27. The number of imidazole rings is 1. The van der Waals surface area contributed by atoms with Gasteiger partial charge in [-0.15, -0.1) is 0 Å². The van der Waals surface area contributed by atoms with Gasteiger partial charge in [-0.25, -0.2) is 9.37 Å². The number of hydrogen-bond acceptors (Lipinski definition) is 5. The van der Waals surface area contributed by atoms with Crippen LogP contribution < -0.4 is 20.1 Å². The van der Waals surface area contributed by atoms with E-state index in [9.17, 15) is 14.0 Å². The number of aromatic nitrogens is 2. The lowest BCUT2D eigenvalue weighted by Gasteiger charge is -2.30. The van der Waals surface area contributed by atoms with Crippen LogP contribution in [0.2, 0.25) is 0 Å². The normalized spacial score (nSPS) is 16.9. The maximum Gasteiger partial charge on any atom is 0.257 e. The Morgan fingerprint density at radius 1 is 0.976 bits per heavy atom. The lowest BCUT2D eigenvalue weighted by Crippen LogP contribution is -2.37. The number of nitrogens with one attached hydrogen (secondary N) is 2. The van der Waals surface area contributed by atoms with Crippen molar-refractivity contribution in [1.29, 1.82) is 0 Å². The Morgan fingerprint density at radius 2 is 1.66 bits per heavy atom. The summed E-state index contributed by atoms with van der Waals surface area (Å²) in [7, 11) is 1.63. The lowest BCUT2D eigenvalue weighted by molar-refractivity contribution is -0.126. The molecule has 1 saturated carbocycles. The number of ether oxygens (including phenoxy) is 2. The van der Waals surface area contributed by atoms with E-state index in [0.717, 1.165) is 48.0 Å². The molecule has 1 fully saturated rings. The molecule has 1 heterocycles. The minimum atomic E-state index is -0.408. The fraction of sp³-hybridized carbons (Fsp3) is 0.344. The molecule has 0 radical (unpaired) electrons. The standard InChI is InChI=1S/C32H35FN4O4/c1-20(2)34-30(38)23-8-12-25(13-9-23)37-29-18-27(41-19-21-4-14-26(40-3)15-5-21)16-17-28(29)35-32(37)36-31(39)22-6-10-24(33)11-7-22/h4-7,10-11,14-18,20,23,25H,8-9,12-13,19H2,1-3H3,(H,34,38)(H,35,36,39)/t23-,25+. The molecule has 0 aliphatic heterocycles. The Bertz CT molecular complexity index is 1510. The molecule has 1 aromatic heterocycles. The molecule has 0 bridgehead atoms. The number of carbonyl (C=O) groups excluding carboxylic acids is 2.